The SMILES string of the molecule is CC(C)Nc1nc(NCCOCCOCCNC(=O)c2ccccc2)nc(N2CCc3ccccc3C2)n1. The van der Waals surface area contributed by atoms with Gasteiger partial charge < -0.3 is 30.3 Å². The molecule has 0 spiro atoms. The lowest BCUT2D eigenvalue weighted by Gasteiger charge is -2.29. The van der Waals surface area contributed by atoms with Gasteiger partial charge in [-0.05, 0) is 43.5 Å². The Balaban J connectivity index is 1.16. The topological polar surface area (TPSA) is 114 Å². The van der Waals surface area contributed by atoms with Crippen molar-refractivity contribution in [3.63, 3.8) is 0 Å². The molecule has 0 unspecified atom stereocenters. The second kappa shape index (κ2) is 14.3. The summed E-state index contributed by atoms with van der Waals surface area (Å²) in [7, 11) is 0. The van der Waals surface area contributed by atoms with Crippen molar-refractivity contribution in [2.75, 3.05) is 61.6 Å². The monoisotopic (exact) mass is 519 g/mol. The van der Waals surface area contributed by atoms with E-state index in [2.05, 4.69) is 73.9 Å². The molecule has 38 heavy (non-hydrogen) atoms. The summed E-state index contributed by atoms with van der Waals surface area (Å²) in [6.45, 7) is 8.59. The van der Waals surface area contributed by atoms with Crippen LogP contribution in [-0.2, 0) is 22.4 Å². The van der Waals surface area contributed by atoms with Gasteiger partial charge in [0.1, 0.15) is 0 Å². The maximum Gasteiger partial charge on any atom is 0.251 e. The van der Waals surface area contributed by atoms with Crippen LogP contribution in [-0.4, -0.2) is 73.0 Å². The summed E-state index contributed by atoms with van der Waals surface area (Å²) >= 11 is 0. The molecule has 2 heterocycles. The lowest BCUT2D eigenvalue weighted by molar-refractivity contribution is 0.0519. The summed E-state index contributed by atoms with van der Waals surface area (Å²) in [5.41, 5.74) is 3.33. The van der Waals surface area contributed by atoms with Gasteiger partial charge in [-0.25, -0.2) is 0 Å². The van der Waals surface area contributed by atoms with Gasteiger partial charge >= 0.3 is 0 Å². The Morgan fingerprint density at radius 2 is 1.55 bits per heavy atom. The summed E-state index contributed by atoms with van der Waals surface area (Å²) < 4.78 is 11.2. The van der Waals surface area contributed by atoms with E-state index in [1.807, 2.05) is 18.2 Å². The van der Waals surface area contributed by atoms with Crippen molar-refractivity contribution in [3.05, 3.63) is 71.3 Å². The normalized spacial score (nSPS) is 12.8. The van der Waals surface area contributed by atoms with Gasteiger partial charge in [0.05, 0.1) is 26.4 Å². The Bertz CT molecular complexity index is 1160. The van der Waals surface area contributed by atoms with Crippen LogP contribution in [0.4, 0.5) is 17.8 Å². The van der Waals surface area contributed by atoms with Crippen molar-refractivity contribution in [3.8, 4) is 0 Å². The number of amides is 1. The molecule has 3 aromatic rings. The highest BCUT2D eigenvalue weighted by Crippen LogP contribution is 2.23. The molecule has 3 N–H and O–H groups in total. The second-order valence-electron chi connectivity index (χ2n) is 9.30. The fraction of sp³-hybridized carbons (Fsp3) is 0.429. The van der Waals surface area contributed by atoms with Gasteiger partial charge in [0.2, 0.25) is 17.8 Å². The van der Waals surface area contributed by atoms with Crippen molar-refractivity contribution in [2.45, 2.75) is 32.9 Å². The molecule has 0 saturated heterocycles. The van der Waals surface area contributed by atoms with Crippen LogP contribution in [0, 0.1) is 0 Å². The third-order valence-corrected chi connectivity index (χ3v) is 5.92. The van der Waals surface area contributed by atoms with Crippen molar-refractivity contribution in [2.24, 2.45) is 0 Å². The highest BCUT2D eigenvalue weighted by molar-refractivity contribution is 5.94. The number of carbonyl (C=O) groups excluding carboxylic acids is 1. The average Bonchev–Trinajstić information content (AvgIpc) is 2.93. The molecule has 1 aliphatic rings. The fourth-order valence-electron chi connectivity index (χ4n) is 4.06. The highest BCUT2D eigenvalue weighted by atomic mass is 16.5. The second-order valence-corrected chi connectivity index (χ2v) is 9.30. The molecule has 2 aromatic carbocycles. The van der Waals surface area contributed by atoms with Gasteiger partial charge in [-0.2, -0.15) is 15.0 Å². The number of carbonyl (C=O) groups is 1. The summed E-state index contributed by atoms with van der Waals surface area (Å²) in [6, 6.07) is 17.8. The van der Waals surface area contributed by atoms with Crippen LogP contribution < -0.4 is 20.9 Å². The predicted molar refractivity (Wildman–Crippen MR) is 149 cm³/mol. The number of ether oxygens (including phenoxy) is 2. The van der Waals surface area contributed by atoms with Gasteiger partial charge in [-0.15, -0.1) is 0 Å². The molecule has 0 atom stereocenters. The molecular formula is C28H37N7O3. The molecular weight excluding hydrogens is 482 g/mol. The fourth-order valence-corrected chi connectivity index (χ4v) is 4.06. The first-order valence-electron chi connectivity index (χ1n) is 13.2. The van der Waals surface area contributed by atoms with Crippen molar-refractivity contribution in [1.82, 2.24) is 20.3 Å². The van der Waals surface area contributed by atoms with E-state index in [1.54, 1.807) is 12.1 Å². The number of nitrogens with one attached hydrogen (secondary N) is 3. The third kappa shape index (κ3) is 8.39. The molecule has 10 heteroatoms. The smallest absolute Gasteiger partial charge is 0.251 e. The summed E-state index contributed by atoms with van der Waals surface area (Å²) in [5, 5.41) is 9.38. The lowest BCUT2D eigenvalue weighted by atomic mass is 10.0. The number of anilines is 3. The Hall–Kier alpha value is -3.76. The number of fused-ring (bicyclic) bond motifs is 1. The Labute approximate surface area is 224 Å². The first kappa shape index (κ1) is 27.3. The van der Waals surface area contributed by atoms with Crippen LogP contribution in [0.2, 0.25) is 0 Å². The van der Waals surface area contributed by atoms with E-state index < -0.39 is 0 Å². The Kier molecular flexibility index (Phi) is 10.2. The van der Waals surface area contributed by atoms with Crippen LogP contribution in [0.5, 0.6) is 0 Å². The van der Waals surface area contributed by atoms with Crippen LogP contribution in [0.15, 0.2) is 54.6 Å². The van der Waals surface area contributed by atoms with Crippen molar-refractivity contribution < 1.29 is 14.3 Å². The standard InChI is InChI=1S/C28H37N7O3/c1-21(2)31-27-32-26(33-28(34-27)35-15-12-22-8-6-7-11-24(22)20-35)30-14-17-38-19-18-37-16-13-29-25(36)23-9-4-3-5-10-23/h3-11,21H,12-20H2,1-2H3,(H,29,36)(H2,30,31,32,33,34). The lowest BCUT2D eigenvalue weighted by Crippen LogP contribution is -2.32. The minimum atomic E-state index is -0.102. The number of hydrogen-bond acceptors (Lipinski definition) is 9. The van der Waals surface area contributed by atoms with Crippen LogP contribution in [0.1, 0.15) is 35.3 Å². The zero-order chi connectivity index (χ0) is 26.6. The van der Waals surface area contributed by atoms with E-state index in [9.17, 15) is 4.79 Å². The number of aromatic nitrogens is 3. The first-order chi connectivity index (χ1) is 18.6. The molecule has 1 aromatic heterocycles. The van der Waals surface area contributed by atoms with E-state index in [-0.39, 0.29) is 11.9 Å². The summed E-state index contributed by atoms with van der Waals surface area (Å²) in [5.74, 6) is 1.63. The molecule has 4 rings (SSSR count). The minimum Gasteiger partial charge on any atom is -0.377 e. The number of hydrogen-bond donors (Lipinski definition) is 3. The molecule has 0 fully saturated rings. The van der Waals surface area contributed by atoms with Crippen molar-refractivity contribution >= 4 is 23.8 Å². The van der Waals surface area contributed by atoms with Crippen LogP contribution in [0.25, 0.3) is 0 Å². The maximum atomic E-state index is 12.0. The zero-order valence-electron chi connectivity index (χ0n) is 22.2. The third-order valence-electron chi connectivity index (χ3n) is 5.92. The minimum absolute atomic E-state index is 0.102. The maximum absolute atomic E-state index is 12.0. The van der Waals surface area contributed by atoms with E-state index in [0.717, 1.165) is 19.5 Å². The van der Waals surface area contributed by atoms with E-state index >= 15 is 0 Å². The Morgan fingerprint density at radius 1 is 0.868 bits per heavy atom. The summed E-state index contributed by atoms with van der Waals surface area (Å²) in [6.07, 6.45) is 0.965. The molecule has 202 valence electrons. The predicted octanol–water partition coefficient (Wildman–Crippen LogP) is 3.13. The largest absolute Gasteiger partial charge is 0.377 e. The zero-order valence-corrected chi connectivity index (χ0v) is 22.2. The number of rotatable bonds is 14. The van der Waals surface area contributed by atoms with Gasteiger partial charge in [0.15, 0.2) is 0 Å². The van der Waals surface area contributed by atoms with Crippen molar-refractivity contribution in [1.29, 1.82) is 0 Å². The molecule has 1 aliphatic heterocycles. The van der Waals surface area contributed by atoms with Crippen LogP contribution in [0.3, 0.4) is 0 Å². The van der Waals surface area contributed by atoms with Gasteiger partial charge in [-0.3, -0.25) is 4.79 Å². The highest BCUT2D eigenvalue weighted by Gasteiger charge is 2.20. The number of benzene rings is 2. The molecule has 0 bridgehead atoms. The first-order valence-corrected chi connectivity index (χ1v) is 13.2. The van der Waals surface area contributed by atoms with Gasteiger partial charge in [0, 0.05) is 37.8 Å². The van der Waals surface area contributed by atoms with Gasteiger partial charge in [-0.1, -0.05) is 42.5 Å². The average molecular weight is 520 g/mol. The molecule has 10 nitrogen and oxygen atoms in total. The molecule has 0 radical (unpaired) electrons. The quantitative estimate of drug-likeness (QED) is 0.277. The molecule has 1 amide bonds. The van der Waals surface area contributed by atoms with E-state index in [1.165, 1.54) is 11.1 Å². The molecule has 0 saturated carbocycles. The number of nitrogens with zero attached hydrogens (tertiary/aromatic N) is 4. The molecule has 0 aliphatic carbocycles. The summed E-state index contributed by atoms with van der Waals surface area (Å²) in [4.78, 5) is 28.1. The van der Waals surface area contributed by atoms with E-state index in [0.29, 0.717) is 62.9 Å². The van der Waals surface area contributed by atoms with Gasteiger partial charge in [0.25, 0.3) is 5.91 Å². The van der Waals surface area contributed by atoms with Crippen LogP contribution >= 0.6 is 0 Å². The van der Waals surface area contributed by atoms with E-state index in [4.69, 9.17) is 9.47 Å². The Morgan fingerprint density at radius 3 is 2.32 bits per heavy atom.